The summed E-state index contributed by atoms with van der Waals surface area (Å²) in [4.78, 5) is 7.21. The maximum absolute atomic E-state index is 5.24. The van der Waals surface area contributed by atoms with E-state index in [0.29, 0.717) is 12.0 Å². The van der Waals surface area contributed by atoms with Gasteiger partial charge in [-0.25, -0.2) is 4.98 Å². The van der Waals surface area contributed by atoms with Gasteiger partial charge in [-0.15, -0.1) is 11.3 Å². The van der Waals surface area contributed by atoms with Crippen LogP contribution >= 0.6 is 11.3 Å². The second-order valence-corrected chi connectivity index (χ2v) is 6.74. The topological polar surface area (TPSA) is 37.4 Å². The first-order chi connectivity index (χ1) is 9.69. The van der Waals surface area contributed by atoms with Gasteiger partial charge in [-0.1, -0.05) is 13.8 Å². The lowest BCUT2D eigenvalue weighted by atomic mass is 10.2. The monoisotopic (exact) mass is 297 g/mol. The van der Waals surface area contributed by atoms with Crippen molar-refractivity contribution in [3.05, 3.63) is 16.1 Å². The quantitative estimate of drug-likeness (QED) is 0.800. The highest BCUT2D eigenvalue weighted by Gasteiger charge is 2.18. The Morgan fingerprint density at radius 2 is 2.40 bits per heavy atom. The average Bonchev–Trinajstić information content (AvgIpc) is 3.07. The first-order valence-electron chi connectivity index (χ1n) is 7.58. The zero-order valence-corrected chi connectivity index (χ0v) is 13.7. The van der Waals surface area contributed by atoms with E-state index in [-0.39, 0.29) is 0 Å². The maximum atomic E-state index is 5.24. The summed E-state index contributed by atoms with van der Waals surface area (Å²) >= 11 is 1.78. The summed E-state index contributed by atoms with van der Waals surface area (Å²) in [6.45, 7) is 9.36. The van der Waals surface area contributed by atoms with E-state index in [1.807, 2.05) is 0 Å². The molecular weight excluding hydrogens is 270 g/mol. The van der Waals surface area contributed by atoms with E-state index in [1.165, 1.54) is 23.5 Å². The van der Waals surface area contributed by atoms with Crippen LogP contribution in [-0.2, 0) is 11.3 Å². The third kappa shape index (κ3) is 4.81. The molecule has 1 fully saturated rings. The molecule has 1 aromatic heterocycles. The van der Waals surface area contributed by atoms with Crippen molar-refractivity contribution in [3.8, 4) is 0 Å². The van der Waals surface area contributed by atoms with Crippen molar-refractivity contribution in [2.45, 2.75) is 45.2 Å². The van der Waals surface area contributed by atoms with Crippen molar-refractivity contribution in [1.82, 2.24) is 15.2 Å². The Labute approximate surface area is 126 Å². The molecule has 1 aromatic rings. The van der Waals surface area contributed by atoms with E-state index in [9.17, 15) is 0 Å². The van der Waals surface area contributed by atoms with Crippen LogP contribution in [0.15, 0.2) is 5.38 Å². The van der Waals surface area contributed by atoms with Crippen LogP contribution in [0.5, 0.6) is 0 Å². The van der Waals surface area contributed by atoms with Crippen LogP contribution in [0.25, 0.3) is 0 Å². The van der Waals surface area contributed by atoms with E-state index in [1.54, 1.807) is 18.4 Å². The van der Waals surface area contributed by atoms with E-state index in [4.69, 9.17) is 9.72 Å². The first-order valence-corrected chi connectivity index (χ1v) is 8.46. The molecule has 114 valence electrons. The van der Waals surface area contributed by atoms with Crippen LogP contribution in [0.1, 0.15) is 43.3 Å². The van der Waals surface area contributed by atoms with Gasteiger partial charge in [-0.05, 0) is 19.4 Å². The predicted molar refractivity (Wildman–Crippen MR) is 84.4 cm³/mol. The number of hydrogen-bond acceptors (Lipinski definition) is 5. The second-order valence-electron chi connectivity index (χ2n) is 5.85. The summed E-state index contributed by atoms with van der Waals surface area (Å²) in [5, 5.41) is 7.02. The van der Waals surface area contributed by atoms with Crippen LogP contribution in [0.3, 0.4) is 0 Å². The van der Waals surface area contributed by atoms with Crippen LogP contribution in [-0.4, -0.2) is 49.3 Å². The Morgan fingerprint density at radius 1 is 1.55 bits per heavy atom. The van der Waals surface area contributed by atoms with Crippen molar-refractivity contribution in [1.29, 1.82) is 0 Å². The number of ether oxygens (including phenoxy) is 1. The van der Waals surface area contributed by atoms with Gasteiger partial charge in [0.05, 0.1) is 17.3 Å². The molecule has 0 amide bonds. The second kappa shape index (κ2) is 8.08. The lowest BCUT2D eigenvalue weighted by Crippen LogP contribution is -2.38. The summed E-state index contributed by atoms with van der Waals surface area (Å²) in [7, 11) is 1.77. The summed E-state index contributed by atoms with van der Waals surface area (Å²) in [5.74, 6) is 0.526. The highest BCUT2D eigenvalue weighted by Crippen LogP contribution is 2.20. The summed E-state index contributed by atoms with van der Waals surface area (Å²) in [6, 6.07) is 0.634. The zero-order valence-electron chi connectivity index (χ0n) is 12.9. The van der Waals surface area contributed by atoms with Crippen molar-refractivity contribution in [3.63, 3.8) is 0 Å². The van der Waals surface area contributed by atoms with E-state index in [0.717, 1.165) is 32.8 Å². The molecule has 2 heterocycles. The van der Waals surface area contributed by atoms with Crippen molar-refractivity contribution >= 4 is 11.3 Å². The summed E-state index contributed by atoms with van der Waals surface area (Å²) < 4.78 is 5.24. The molecular formula is C15H27N3OS. The Bertz CT molecular complexity index is 388. The average molecular weight is 297 g/mol. The molecule has 4 nitrogen and oxygen atoms in total. The molecule has 1 unspecified atom stereocenters. The zero-order chi connectivity index (χ0) is 14.4. The van der Waals surface area contributed by atoms with Crippen LogP contribution < -0.4 is 5.32 Å². The summed E-state index contributed by atoms with van der Waals surface area (Å²) in [6.07, 6.45) is 2.59. The van der Waals surface area contributed by atoms with Gasteiger partial charge < -0.3 is 10.1 Å². The molecule has 20 heavy (non-hydrogen) atoms. The number of nitrogens with zero attached hydrogens (tertiary/aromatic N) is 2. The highest BCUT2D eigenvalue weighted by molar-refractivity contribution is 7.09. The molecule has 1 saturated heterocycles. The highest BCUT2D eigenvalue weighted by atomic mass is 32.1. The molecule has 0 aromatic carbocycles. The van der Waals surface area contributed by atoms with E-state index >= 15 is 0 Å². The predicted octanol–water partition coefficient (Wildman–Crippen LogP) is 2.47. The molecule has 0 bridgehead atoms. The number of aromatic nitrogens is 1. The lowest BCUT2D eigenvalue weighted by Gasteiger charge is -2.24. The van der Waals surface area contributed by atoms with Crippen LogP contribution in [0, 0.1) is 0 Å². The number of rotatable bonds is 8. The number of methoxy groups -OCH3 is 1. The van der Waals surface area contributed by atoms with Gasteiger partial charge in [0.1, 0.15) is 0 Å². The number of nitrogens with one attached hydrogen (secondary N) is 1. The Kier molecular flexibility index (Phi) is 6.42. The van der Waals surface area contributed by atoms with Gasteiger partial charge >= 0.3 is 0 Å². The van der Waals surface area contributed by atoms with Crippen LogP contribution in [0.2, 0.25) is 0 Å². The smallest absolute Gasteiger partial charge is 0.0954 e. The molecule has 0 spiro atoms. The van der Waals surface area contributed by atoms with Gasteiger partial charge in [0.2, 0.25) is 0 Å². The first kappa shape index (κ1) is 15.9. The van der Waals surface area contributed by atoms with Gasteiger partial charge in [-0.3, -0.25) is 4.90 Å². The molecule has 5 heteroatoms. The number of thiazole rings is 1. The van der Waals surface area contributed by atoms with Crippen molar-refractivity contribution < 1.29 is 4.74 Å². The van der Waals surface area contributed by atoms with Gasteiger partial charge in [0, 0.05) is 44.1 Å². The Morgan fingerprint density at radius 3 is 3.00 bits per heavy atom. The minimum atomic E-state index is 0.526. The van der Waals surface area contributed by atoms with Gasteiger partial charge in [0.15, 0.2) is 0 Å². The van der Waals surface area contributed by atoms with Gasteiger partial charge in [0.25, 0.3) is 0 Å². The largest absolute Gasteiger partial charge is 0.383 e. The minimum absolute atomic E-state index is 0.526. The van der Waals surface area contributed by atoms with Crippen molar-refractivity contribution in [2.75, 3.05) is 33.4 Å². The fourth-order valence-corrected chi connectivity index (χ4v) is 3.40. The molecule has 1 aliphatic rings. The molecule has 0 radical (unpaired) electrons. The molecule has 0 aliphatic carbocycles. The normalized spacial score (nSPS) is 19.4. The molecule has 0 saturated carbocycles. The Hall–Kier alpha value is -0.490. The molecule has 2 rings (SSSR count). The fourth-order valence-electron chi connectivity index (χ4n) is 2.57. The fraction of sp³-hybridized carbons (Fsp3) is 0.800. The molecule has 1 aliphatic heterocycles. The van der Waals surface area contributed by atoms with E-state index < -0.39 is 0 Å². The SMILES string of the molecule is COCCN(Cc1csc(C(C)C)n1)CC1CCCN1. The Balaban J connectivity index is 1.90. The number of hydrogen-bond donors (Lipinski definition) is 1. The third-order valence-electron chi connectivity index (χ3n) is 3.70. The summed E-state index contributed by atoms with van der Waals surface area (Å²) in [5.41, 5.74) is 1.20. The van der Waals surface area contributed by atoms with E-state index in [2.05, 4.69) is 29.4 Å². The molecule has 1 atom stereocenters. The minimum Gasteiger partial charge on any atom is -0.383 e. The molecule has 1 N–H and O–H groups in total. The van der Waals surface area contributed by atoms with Gasteiger partial charge in [-0.2, -0.15) is 0 Å². The lowest BCUT2D eigenvalue weighted by molar-refractivity contribution is 0.137. The standard InChI is InChI=1S/C15H27N3OS/c1-12(2)15-17-14(11-20-15)10-18(7-8-19-3)9-13-5-4-6-16-13/h11-13,16H,4-10H2,1-3H3. The third-order valence-corrected chi connectivity index (χ3v) is 4.90. The maximum Gasteiger partial charge on any atom is 0.0954 e. The van der Waals surface area contributed by atoms with Crippen molar-refractivity contribution in [2.24, 2.45) is 0 Å². The van der Waals surface area contributed by atoms with Crippen LogP contribution in [0.4, 0.5) is 0 Å².